The fourth-order valence-electron chi connectivity index (χ4n) is 1.47. The van der Waals surface area contributed by atoms with Gasteiger partial charge in [-0.25, -0.2) is 4.79 Å². The minimum Gasteiger partial charge on any atom is -0.462 e. The summed E-state index contributed by atoms with van der Waals surface area (Å²) in [6, 6.07) is 0. The number of carbonyl (C=O) groups is 1. The van der Waals surface area contributed by atoms with Crippen LogP contribution in [0.5, 0.6) is 0 Å². The highest BCUT2D eigenvalue weighted by Crippen LogP contribution is 2.04. The van der Waals surface area contributed by atoms with E-state index in [4.69, 9.17) is 9.47 Å². The predicted molar refractivity (Wildman–Crippen MR) is 74.6 cm³/mol. The molecule has 0 aromatic carbocycles. The molecule has 0 rings (SSSR count). The summed E-state index contributed by atoms with van der Waals surface area (Å²) in [6.07, 6.45) is 7.92. The molecule has 0 N–H and O–H groups in total. The molecule has 0 aliphatic rings. The van der Waals surface area contributed by atoms with Crippen LogP contribution in [0, 0.1) is 0 Å². The second-order valence-electron chi connectivity index (χ2n) is 4.65. The van der Waals surface area contributed by atoms with Gasteiger partial charge in [0.15, 0.2) is 0 Å². The first-order chi connectivity index (χ1) is 8.68. The molecular weight excluding hydrogens is 228 g/mol. The van der Waals surface area contributed by atoms with Gasteiger partial charge in [0.25, 0.3) is 0 Å². The van der Waals surface area contributed by atoms with Gasteiger partial charge in [-0.3, -0.25) is 0 Å². The van der Waals surface area contributed by atoms with E-state index in [1.165, 1.54) is 19.3 Å². The van der Waals surface area contributed by atoms with Gasteiger partial charge in [0, 0.05) is 18.8 Å². The average molecular weight is 256 g/mol. The molecule has 18 heavy (non-hydrogen) atoms. The van der Waals surface area contributed by atoms with Crippen LogP contribution in [0.2, 0.25) is 0 Å². The number of esters is 1. The SMILES string of the molecule is C=C(C)C(=O)OCCCCCCCOCCCC. The molecule has 0 unspecified atom stereocenters. The number of unbranched alkanes of at least 4 members (excludes halogenated alkanes) is 5. The Morgan fingerprint density at radius 2 is 1.50 bits per heavy atom. The fourth-order valence-corrected chi connectivity index (χ4v) is 1.47. The van der Waals surface area contributed by atoms with Crippen LogP contribution in [-0.2, 0) is 14.3 Å². The summed E-state index contributed by atoms with van der Waals surface area (Å²) in [5.41, 5.74) is 0.472. The minimum absolute atomic E-state index is 0.278. The number of hydrogen-bond acceptors (Lipinski definition) is 3. The summed E-state index contributed by atoms with van der Waals surface area (Å²) in [4.78, 5) is 11.1. The van der Waals surface area contributed by atoms with Crippen molar-refractivity contribution < 1.29 is 14.3 Å². The van der Waals surface area contributed by atoms with Crippen LogP contribution in [-0.4, -0.2) is 25.8 Å². The molecule has 0 amide bonds. The summed E-state index contributed by atoms with van der Waals surface area (Å²) < 4.78 is 10.5. The quantitative estimate of drug-likeness (QED) is 0.302. The maximum atomic E-state index is 11.1. The van der Waals surface area contributed by atoms with E-state index in [1.54, 1.807) is 6.92 Å². The first-order valence-corrected chi connectivity index (χ1v) is 7.08. The van der Waals surface area contributed by atoms with E-state index in [0.717, 1.165) is 38.9 Å². The van der Waals surface area contributed by atoms with E-state index >= 15 is 0 Å². The van der Waals surface area contributed by atoms with E-state index in [-0.39, 0.29) is 5.97 Å². The molecular formula is C15H28O3. The first kappa shape index (κ1) is 17.2. The van der Waals surface area contributed by atoms with Crippen molar-refractivity contribution in [3.8, 4) is 0 Å². The maximum Gasteiger partial charge on any atom is 0.333 e. The van der Waals surface area contributed by atoms with Crippen LogP contribution in [0.3, 0.4) is 0 Å². The number of rotatable bonds is 12. The van der Waals surface area contributed by atoms with Crippen LogP contribution >= 0.6 is 0 Å². The standard InChI is InChI=1S/C15H28O3/c1-4-5-11-17-12-9-7-6-8-10-13-18-15(16)14(2)3/h2,4-13H2,1,3H3. The number of carbonyl (C=O) groups excluding carboxylic acids is 1. The molecule has 0 bridgehead atoms. The topological polar surface area (TPSA) is 35.5 Å². The Balaban J connectivity index is 3.07. The van der Waals surface area contributed by atoms with E-state index < -0.39 is 0 Å². The maximum absolute atomic E-state index is 11.1. The Hall–Kier alpha value is -0.830. The lowest BCUT2D eigenvalue weighted by Gasteiger charge is -2.05. The second-order valence-corrected chi connectivity index (χ2v) is 4.65. The molecule has 3 nitrogen and oxygen atoms in total. The molecule has 0 aliphatic heterocycles. The molecule has 0 heterocycles. The van der Waals surface area contributed by atoms with E-state index in [1.807, 2.05) is 0 Å². The lowest BCUT2D eigenvalue weighted by atomic mass is 10.1. The Morgan fingerprint density at radius 1 is 0.944 bits per heavy atom. The molecule has 0 saturated heterocycles. The van der Waals surface area contributed by atoms with Gasteiger partial charge in [-0.05, 0) is 26.2 Å². The van der Waals surface area contributed by atoms with Crippen LogP contribution in [0.15, 0.2) is 12.2 Å². The Kier molecular flexibility index (Phi) is 12.0. The third kappa shape index (κ3) is 11.6. The normalized spacial score (nSPS) is 10.3. The molecule has 0 fully saturated rings. The lowest BCUT2D eigenvalue weighted by molar-refractivity contribution is -0.139. The van der Waals surface area contributed by atoms with Crippen LogP contribution in [0.4, 0.5) is 0 Å². The largest absolute Gasteiger partial charge is 0.462 e. The number of hydrogen-bond donors (Lipinski definition) is 0. The molecule has 3 heteroatoms. The highest BCUT2D eigenvalue weighted by atomic mass is 16.5. The van der Waals surface area contributed by atoms with E-state index in [0.29, 0.717) is 12.2 Å². The average Bonchev–Trinajstić information content (AvgIpc) is 2.35. The minimum atomic E-state index is -0.278. The van der Waals surface area contributed by atoms with E-state index in [2.05, 4.69) is 13.5 Å². The molecule has 0 spiro atoms. The monoisotopic (exact) mass is 256 g/mol. The summed E-state index contributed by atoms with van der Waals surface area (Å²) in [7, 11) is 0. The van der Waals surface area contributed by atoms with E-state index in [9.17, 15) is 4.79 Å². The van der Waals surface area contributed by atoms with Crippen LogP contribution in [0.1, 0.15) is 58.8 Å². The summed E-state index contributed by atoms with van der Waals surface area (Å²) in [5, 5.41) is 0. The Bertz CT molecular complexity index is 224. The van der Waals surface area contributed by atoms with Gasteiger partial charge in [-0.1, -0.05) is 39.2 Å². The second kappa shape index (κ2) is 12.6. The molecule has 106 valence electrons. The summed E-state index contributed by atoms with van der Waals surface area (Å²) in [6.45, 7) is 9.66. The van der Waals surface area contributed by atoms with Crippen molar-refractivity contribution in [3.63, 3.8) is 0 Å². The Labute approximate surface area is 112 Å². The van der Waals surface area contributed by atoms with Gasteiger partial charge < -0.3 is 9.47 Å². The number of ether oxygens (including phenoxy) is 2. The van der Waals surface area contributed by atoms with Gasteiger partial charge in [-0.2, -0.15) is 0 Å². The molecule has 0 atom stereocenters. The van der Waals surface area contributed by atoms with Crippen molar-refractivity contribution in [2.24, 2.45) is 0 Å². The zero-order valence-electron chi connectivity index (χ0n) is 12.0. The van der Waals surface area contributed by atoms with Crippen molar-refractivity contribution in [2.75, 3.05) is 19.8 Å². The van der Waals surface area contributed by atoms with Gasteiger partial charge in [0.05, 0.1) is 6.61 Å². The highest BCUT2D eigenvalue weighted by molar-refractivity contribution is 5.86. The van der Waals surface area contributed by atoms with Gasteiger partial charge in [0.2, 0.25) is 0 Å². The van der Waals surface area contributed by atoms with Crippen molar-refractivity contribution in [1.82, 2.24) is 0 Å². The van der Waals surface area contributed by atoms with Gasteiger partial charge in [0.1, 0.15) is 0 Å². The van der Waals surface area contributed by atoms with Crippen molar-refractivity contribution in [1.29, 1.82) is 0 Å². The van der Waals surface area contributed by atoms with Gasteiger partial charge >= 0.3 is 5.97 Å². The fraction of sp³-hybridized carbons (Fsp3) is 0.800. The summed E-state index contributed by atoms with van der Waals surface area (Å²) >= 11 is 0. The molecule has 0 aromatic rings. The predicted octanol–water partition coefficient (Wildman–Crippen LogP) is 3.87. The highest BCUT2D eigenvalue weighted by Gasteiger charge is 2.01. The zero-order valence-corrected chi connectivity index (χ0v) is 12.0. The third-order valence-corrected chi connectivity index (χ3v) is 2.66. The molecule has 0 aliphatic carbocycles. The zero-order chi connectivity index (χ0) is 13.6. The van der Waals surface area contributed by atoms with Crippen molar-refractivity contribution >= 4 is 5.97 Å². The first-order valence-electron chi connectivity index (χ1n) is 7.08. The smallest absolute Gasteiger partial charge is 0.333 e. The molecule has 0 aromatic heterocycles. The molecule has 0 radical (unpaired) electrons. The Morgan fingerprint density at radius 3 is 2.11 bits per heavy atom. The van der Waals surface area contributed by atoms with Crippen LogP contribution < -0.4 is 0 Å². The summed E-state index contributed by atoms with van der Waals surface area (Å²) in [5.74, 6) is -0.278. The molecule has 0 saturated carbocycles. The van der Waals surface area contributed by atoms with Crippen molar-refractivity contribution in [3.05, 3.63) is 12.2 Å². The van der Waals surface area contributed by atoms with Crippen molar-refractivity contribution in [2.45, 2.75) is 58.8 Å². The lowest BCUT2D eigenvalue weighted by Crippen LogP contribution is -2.06. The third-order valence-electron chi connectivity index (χ3n) is 2.66. The van der Waals surface area contributed by atoms with Crippen LogP contribution in [0.25, 0.3) is 0 Å². The van der Waals surface area contributed by atoms with Gasteiger partial charge in [-0.15, -0.1) is 0 Å².